The van der Waals surface area contributed by atoms with Crippen molar-refractivity contribution in [3.05, 3.63) is 65.2 Å². The van der Waals surface area contributed by atoms with E-state index in [-0.39, 0.29) is 0 Å². The summed E-state index contributed by atoms with van der Waals surface area (Å²) in [6.45, 7) is 6.66. The number of nitrogens with zero attached hydrogens (tertiary/aromatic N) is 3. The maximum absolute atomic E-state index is 6.07. The standard InChI is InChI=1S/C22H31N5O/c1-26-11-13-27(14-12-26)16-19-9-7-18(8-10-19)15-24-22(23)25-21-6-4-3-5-20(21)17-28-2/h3-10H,11-17H2,1-2H3,(H3,23,24,25). The van der Waals surface area contributed by atoms with Crippen molar-refractivity contribution in [2.45, 2.75) is 19.7 Å². The predicted octanol–water partition coefficient (Wildman–Crippen LogP) is 2.51. The molecule has 1 saturated heterocycles. The van der Waals surface area contributed by atoms with Crippen LogP contribution >= 0.6 is 0 Å². The molecule has 0 bridgehead atoms. The number of nitrogens with one attached hydrogen (secondary N) is 1. The summed E-state index contributed by atoms with van der Waals surface area (Å²) in [6, 6.07) is 16.6. The van der Waals surface area contributed by atoms with Gasteiger partial charge < -0.3 is 20.7 Å². The van der Waals surface area contributed by atoms with Crippen molar-refractivity contribution >= 4 is 11.6 Å². The first-order chi connectivity index (χ1) is 13.6. The number of benzene rings is 2. The highest BCUT2D eigenvalue weighted by Gasteiger charge is 2.13. The maximum atomic E-state index is 6.07. The van der Waals surface area contributed by atoms with Crippen LogP contribution in [0.5, 0.6) is 0 Å². The van der Waals surface area contributed by atoms with E-state index in [4.69, 9.17) is 10.5 Å². The van der Waals surface area contributed by atoms with E-state index >= 15 is 0 Å². The van der Waals surface area contributed by atoms with Gasteiger partial charge in [0.15, 0.2) is 5.96 Å². The Morgan fingerprint density at radius 3 is 2.43 bits per heavy atom. The summed E-state index contributed by atoms with van der Waals surface area (Å²) < 4.78 is 5.22. The summed E-state index contributed by atoms with van der Waals surface area (Å²) in [6.07, 6.45) is 0. The van der Waals surface area contributed by atoms with E-state index in [1.54, 1.807) is 7.11 Å². The largest absolute Gasteiger partial charge is 0.380 e. The first-order valence-corrected chi connectivity index (χ1v) is 9.76. The smallest absolute Gasteiger partial charge is 0.193 e. The van der Waals surface area contributed by atoms with Crippen LogP contribution in [0.4, 0.5) is 5.69 Å². The first-order valence-electron chi connectivity index (χ1n) is 9.76. The average Bonchev–Trinajstić information content (AvgIpc) is 2.71. The molecule has 0 saturated carbocycles. The van der Waals surface area contributed by atoms with Gasteiger partial charge in [0.1, 0.15) is 0 Å². The van der Waals surface area contributed by atoms with Gasteiger partial charge in [-0.25, -0.2) is 4.99 Å². The maximum Gasteiger partial charge on any atom is 0.193 e. The minimum absolute atomic E-state index is 0.407. The lowest BCUT2D eigenvalue weighted by Gasteiger charge is -2.32. The van der Waals surface area contributed by atoms with Gasteiger partial charge >= 0.3 is 0 Å². The van der Waals surface area contributed by atoms with Crippen molar-refractivity contribution in [2.24, 2.45) is 10.7 Å². The number of para-hydroxylation sites is 1. The van der Waals surface area contributed by atoms with Gasteiger partial charge in [-0.1, -0.05) is 42.5 Å². The third-order valence-electron chi connectivity index (χ3n) is 5.04. The van der Waals surface area contributed by atoms with Crippen molar-refractivity contribution in [1.82, 2.24) is 9.80 Å². The summed E-state index contributed by atoms with van der Waals surface area (Å²) in [4.78, 5) is 9.36. The summed E-state index contributed by atoms with van der Waals surface area (Å²) >= 11 is 0. The number of ether oxygens (including phenoxy) is 1. The molecular formula is C22H31N5O. The minimum Gasteiger partial charge on any atom is -0.380 e. The van der Waals surface area contributed by atoms with Gasteiger partial charge in [-0.2, -0.15) is 0 Å². The minimum atomic E-state index is 0.407. The fraction of sp³-hybridized carbons (Fsp3) is 0.409. The molecule has 1 aliphatic heterocycles. The van der Waals surface area contributed by atoms with E-state index in [9.17, 15) is 0 Å². The number of aliphatic imine (C=N–C) groups is 1. The monoisotopic (exact) mass is 381 g/mol. The van der Waals surface area contributed by atoms with Gasteiger partial charge in [0, 0.05) is 51.1 Å². The molecule has 0 aromatic heterocycles. The number of hydrogen-bond donors (Lipinski definition) is 2. The van der Waals surface area contributed by atoms with Crippen LogP contribution in [-0.2, 0) is 24.4 Å². The van der Waals surface area contributed by atoms with Crippen LogP contribution in [0.25, 0.3) is 0 Å². The van der Waals surface area contributed by atoms with Gasteiger partial charge in [-0.15, -0.1) is 0 Å². The number of anilines is 1. The highest BCUT2D eigenvalue weighted by Crippen LogP contribution is 2.16. The Kier molecular flexibility index (Phi) is 7.42. The third kappa shape index (κ3) is 6.05. The molecule has 0 amide bonds. The van der Waals surface area contributed by atoms with Crippen LogP contribution in [0, 0.1) is 0 Å². The van der Waals surface area contributed by atoms with Gasteiger partial charge in [0.2, 0.25) is 0 Å². The van der Waals surface area contributed by atoms with Gasteiger partial charge in [0.05, 0.1) is 13.2 Å². The number of hydrogen-bond acceptors (Lipinski definition) is 4. The van der Waals surface area contributed by atoms with E-state index in [0.29, 0.717) is 19.1 Å². The summed E-state index contributed by atoms with van der Waals surface area (Å²) in [5.74, 6) is 0.407. The van der Waals surface area contributed by atoms with E-state index in [0.717, 1.165) is 49.5 Å². The van der Waals surface area contributed by atoms with Crippen LogP contribution < -0.4 is 11.1 Å². The molecular weight excluding hydrogens is 350 g/mol. The van der Waals surface area contributed by atoms with Crippen LogP contribution in [-0.4, -0.2) is 56.1 Å². The van der Waals surface area contributed by atoms with Crippen molar-refractivity contribution in [3.8, 4) is 0 Å². The van der Waals surface area contributed by atoms with Crippen LogP contribution in [0.1, 0.15) is 16.7 Å². The number of guanidine groups is 1. The quantitative estimate of drug-likeness (QED) is 0.570. The van der Waals surface area contributed by atoms with Crippen LogP contribution in [0.15, 0.2) is 53.5 Å². The predicted molar refractivity (Wildman–Crippen MR) is 115 cm³/mol. The summed E-state index contributed by atoms with van der Waals surface area (Å²) in [5.41, 5.74) is 10.5. The number of likely N-dealkylation sites (N-methyl/N-ethyl adjacent to an activating group) is 1. The molecule has 28 heavy (non-hydrogen) atoms. The number of rotatable bonds is 7. The Balaban J connectivity index is 1.52. The molecule has 2 aromatic rings. The highest BCUT2D eigenvalue weighted by molar-refractivity contribution is 5.92. The molecule has 6 heteroatoms. The number of methoxy groups -OCH3 is 1. The second kappa shape index (κ2) is 10.2. The molecule has 0 radical (unpaired) electrons. The highest BCUT2D eigenvalue weighted by atomic mass is 16.5. The van der Waals surface area contributed by atoms with Crippen molar-refractivity contribution in [1.29, 1.82) is 0 Å². The Bertz CT molecular complexity index is 767. The van der Waals surface area contributed by atoms with Gasteiger partial charge in [0.25, 0.3) is 0 Å². The number of nitrogens with two attached hydrogens (primary N) is 1. The molecule has 0 unspecified atom stereocenters. The summed E-state index contributed by atoms with van der Waals surface area (Å²) in [5, 5.41) is 3.17. The lowest BCUT2D eigenvalue weighted by Crippen LogP contribution is -2.43. The topological polar surface area (TPSA) is 66.1 Å². The molecule has 1 fully saturated rings. The van der Waals surface area contributed by atoms with Crippen molar-refractivity contribution in [3.63, 3.8) is 0 Å². The zero-order valence-corrected chi connectivity index (χ0v) is 16.9. The Hall–Kier alpha value is -2.41. The third-order valence-corrected chi connectivity index (χ3v) is 5.04. The fourth-order valence-corrected chi connectivity index (χ4v) is 3.29. The molecule has 150 valence electrons. The van der Waals surface area contributed by atoms with Crippen molar-refractivity contribution < 1.29 is 4.74 Å². The normalized spacial score (nSPS) is 16.3. The molecule has 3 rings (SSSR count). The molecule has 0 spiro atoms. The Labute approximate surface area is 168 Å². The molecule has 0 aliphatic carbocycles. The van der Waals surface area contributed by atoms with Gasteiger partial charge in [-0.05, 0) is 24.2 Å². The summed E-state index contributed by atoms with van der Waals surface area (Å²) in [7, 11) is 3.87. The van der Waals surface area contributed by atoms with E-state index in [1.165, 1.54) is 5.56 Å². The fourth-order valence-electron chi connectivity index (χ4n) is 3.29. The molecule has 6 nitrogen and oxygen atoms in total. The Morgan fingerprint density at radius 1 is 1.04 bits per heavy atom. The number of piperazine rings is 1. The molecule has 0 atom stereocenters. The lowest BCUT2D eigenvalue weighted by atomic mass is 10.1. The van der Waals surface area contributed by atoms with Gasteiger partial charge in [-0.3, -0.25) is 4.90 Å². The second-order valence-electron chi connectivity index (χ2n) is 7.31. The van der Waals surface area contributed by atoms with Crippen LogP contribution in [0.2, 0.25) is 0 Å². The molecule has 3 N–H and O–H groups in total. The van der Waals surface area contributed by atoms with E-state index < -0.39 is 0 Å². The van der Waals surface area contributed by atoms with Crippen molar-refractivity contribution in [2.75, 3.05) is 45.7 Å². The Morgan fingerprint density at radius 2 is 1.71 bits per heavy atom. The zero-order chi connectivity index (χ0) is 19.8. The molecule has 1 heterocycles. The van der Waals surface area contributed by atoms with E-state index in [2.05, 4.69) is 51.4 Å². The molecule has 2 aromatic carbocycles. The zero-order valence-electron chi connectivity index (χ0n) is 16.9. The average molecular weight is 382 g/mol. The second-order valence-corrected chi connectivity index (χ2v) is 7.31. The molecule has 1 aliphatic rings. The SMILES string of the molecule is COCc1ccccc1NC(N)=NCc1ccc(CN2CCN(C)CC2)cc1. The van der Waals surface area contributed by atoms with E-state index in [1.807, 2.05) is 24.3 Å². The van der Waals surface area contributed by atoms with Crippen LogP contribution in [0.3, 0.4) is 0 Å². The lowest BCUT2D eigenvalue weighted by molar-refractivity contribution is 0.148. The first kappa shape index (κ1) is 20.3.